The normalized spacial score (nSPS) is 10.6. The van der Waals surface area contributed by atoms with E-state index in [-0.39, 0.29) is 5.91 Å². The molecular weight excluding hydrogens is 250 g/mol. The van der Waals surface area contributed by atoms with Crippen LogP contribution < -0.4 is 5.32 Å². The zero-order chi connectivity index (χ0) is 14.5. The Bertz CT molecular complexity index is 602. The molecule has 0 fully saturated rings. The number of rotatable bonds is 5. The van der Waals surface area contributed by atoms with Gasteiger partial charge in [-0.25, -0.2) is 0 Å². The summed E-state index contributed by atoms with van der Waals surface area (Å²) in [6, 6.07) is 5.82. The number of hydrogen-bond donors (Lipinski definition) is 2. The van der Waals surface area contributed by atoms with Crippen LogP contribution in [0.1, 0.15) is 39.2 Å². The fourth-order valence-electron chi connectivity index (χ4n) is 2.20. The van der Waals surface area contributed by atoms with Crippen LogP contribution in [0.2, 0.25) is 0 Å². The van der Waals surface area contributed by atoms with Crippen molar-refractivity contribution in [1.29, 1.82) is 0 Å². The smallest absolute Gasteiger partial charge is 0.251 e. The van der Waals surface area contributed by atoms with Gasteiger partial charge in [0.15, 0.2) is 0 Å². The van der Waals surface area contributed by atoms with Gasteiger partial charge < -0.3 is 5.32 Å². The van der Waals surface area contributed by atoms with Gasteiger partial charge in [-0.2, -0.15) is 5.10 Å². The van der Waals surface area contributed by atoms with Crippen molar-refractivity contribution in [3.8, 4) is 0 Å². The molecule has 0 atom stereocenters. The maximum Gasteiger partial charge on any atom is 0.251 e. The molecule has 0 aliphatic rings. The van der Waals surface area contributed by atoms with E-state index in [4.69, 9.17) is 0 Å². The second-order valence-electron chi connectivity index (χ2n) is 5.13. The largest absolute Gasteiger partial charge is 0.352 e. The van der Waals surface area contributed by atoms with E-state index in [1.54, 1.807) is 0 Å². The van der Waals surface area contributed by atoms with Gasteiger partial charge in [0.1, 0.15) is 0 Å². The molecule has 0 unspecified atom stereocenters. The third-order valence-electron chi connectivity index (χ3n) is 3.69. The van der Waals surface area contributed by atoms with Crippen molar-refractivity contribution < 1.29 is 4.79 Å². The molecule has 0 bridgehead atoms. The zero-order valence-corrected chi connectivity index (χ0v) is 12.3. The highest BCUT2D eigenvalue weighted by Crippen LogP contribution is 2.12. The van der Waals surface area contributed by atoms with Crippen LogP contribution in [0.4, 0.5) is 0 Å². The van der Waals surface area contributed by atoms with E-state index in [1.165, 1.54) is 5.56 Å². The van der Waals surface area contributed by atoms with E-state index in [1.807, 2.05) is 45.2 Å². The van der Waals surface area contributed by atoms with Gasteiger partial charge in [0.05, 0.1) is 6.20 Å². The molecule has 4 nitrogen and oxygen atoms in total. The van der Waals surface area contributed by atoms with Gasteiger partial charge in [-0.15, -0.1) is 0 Å². The predicted octanol–water partition coefficient (Wildman–Crippen LogP) is 2.70. The molecular formula is C16H21N3O. The second-order valence-corrected chi connectivity index (χ2v) is 5.13. The third-order valence-corrected chi connectivity index (χ3v) is 3.69. The van der Waals surface area contributed by atoms with Gasteiger partial charge in [0.2, 0.25) is 0 Å². The molecule has 20 heavy (non-hydrogen) atoms. The summed E-state index contributed by atoms with van der Waals surface area (Å²) < 4.78 is 0. The Labute approximate surface area is 119 Å². The number of nitrogens with one attached hydrogen (secondary N) is 2. The minimum Gasteiger partial charge on any atom is -0.352 e. The number of amides is 1. The first-order valence-corrected chi connectivity index (χ1v) is 6.93. The number of benzene rings is 1. The fraction of sp³-hybridized carbons (Fsp3) is 0.375. The molecule has 0 aliphatic heterocycles. The van der Waals surface area contributed by atoms with Crippen molar-refractivity contribution in [3.63, 3.8) is 0 Å². The van der Waals surface area contributed by atoms with Crippen molar-refractivity contribution in [1.82, 2.24) is 15.5 Å². The average molecular weight is 271 g/mol. The van der Waals surface area contributed by atoms with E-state index in [0.29, 0.717) is 6.54 Å². The minimum absolute atomic E-state index is 0.00937. The first-order valence-electron chi connectivity index (χ1n) is 6.93. The molecule has 0 spiro atoms. The summed E-state index contributed by atoms with van der Waals surface area (Å²) in [6.07, 6.45) is 3.69. The number of hydrogen-bond acceptors (Lipinski definition) is 2. The topological polar surface area (TPSA) is 57.8 Å². The quantitative estimate of drug-likeness (QED) is 0.821. The molecule has 4 heteroatoms. The molecule has 1 aromatic heterocycles. The summed E-state index contributed by atoms with van der Waals surface area (Å²) in [7, 11) is 0. The van der Waals surface area contributed by atoms with Crippen molar-refractivity contribution in [2.24, 2.45) is 0 Å². The SMILES string of the molecule is Cc1cccc(C(=O)NCCCc2cn[nH]c2C)c1C. The Morgan fingerprint density at radius 3 is 2.80 bits per heavy atom. The Hall–Kier alpha value is -2.10. The number of aryl methyl sites for hydroxylation is 3. The molecule has 1 amide bonds. The van der Waals surface area contributed by atoms with Crippen LogP contribution in [-0.2, 0) is 6.42 Å². The van der Waals surface area contributed by atoms with E-state index in [2.05, 4.69) is 15.5 Å². The molecule has 0 aliphatic carbocycles. The van der Waals surface area contributed by atoms with Gasteiger partial charge >= 0.3 is 0 Å². The first-order chi connectivity index (χ1) is 9.59. The third kappa shape index (κ3) is 3.26. The molecule has 1 aromatic carbocycles. The zero-order valence-electron chi connectivity index (χ0n) is 12.3. The monoisotopic (exact) mass is 271 g/mol. The highest BCUT2D eigenvalue weighted by molar-refractivity contribution is 5.95. The lowest BCUT2D eigenvalue weighted by Crippen LogP contribution is -2.25. The minimum atomic E-state index is 0.00937. The summed E-state index contributed by atoms with van der Waals surface area (Å²) in [4.78, 5) is 12.1. The maximum atomic E-state index is 12.1. The summed E-state index contributed by atoms with van der Waals surface area (Å²) in [5, 5.41) is 9.89. The molecule has 0 saturated carbocycles. The van der Waals surface area contributed by atoms with Crippen LogP contribution in [0, 0.1) is 20.8 Å². The van der Waals surface area contributed by atoms with E-state index in [0.717, 1.165) is 35.2 Å². The molecule has 2 N–H and O–H groups in total. The summed E-state index contributed by atoms with van der Waals surface area (Å²) >= 11 is 0. The Balaban J connectivity index is 1.84. The summed E-state index contributed by atoms with van der Waals surface area (Å²) in [5.41, 5.74) is 5.28. The maximum absolute atomic E-state index is 12.1. The van der Waals surface area contributed by atoms with Crippen molar-refractivity contribution in [3.05, 3.63) is 52.3 Å². The Kier molecular flexibility index (Phi) is 4.56. The predicted molar refractivity (Wildman–Crippen MR) is 79.9 cm³/mol. The van der Waals surface area contributed by atoms with Crippen molar-refractivity contribution in [2.45, 2.75) is 33.6 Å². The molecule has 2 rings (SSSR count). The van der Waals surface area contributed by atoms with Crippen LogP contribution in [0.3, 0.4) is 0 Å². The Morgan fingerprint density at radius 1 is 1.30 bits per heavy atom. The van der Waals surface area contributed by atoms with E-state index in [9.17, 15) is 4.79 Å². The van der Waals surface area contributed by atoms with Crippen molar-refractivity contribution in [2.75, 3.05) is 6.54 Å². The standard InChI is InChI=1S/C16H21N3O/c1-11-6-4-8-15(12(11)2)16(20)17-9-5-7-14-10-18-19-13(14)3/h4,6,8,10H,5,7,9H2,1-3H3,(H,17,20)(H,18,19). The Morgan fingerprint density at radius 2 is 2.10 bits per heavy atom. The van der Waals surface area contributed by atoms with Gasteiger partial charge in [-0.05, 0) is 56.4 Å². The van der Waals surface area contributed by atoms with Gasteiger partial charge in [0.25, 0.3) is 5.91 Å². The molecule has 106 valence electrons. The van der Waals surface area contributed by atoms with Gasteiger partial charge in [-0.3, -0.25) is 9.89 Å². The van der Waals surface area contributed by atoms with Crippen LogP contribution >= 0.6 is 0 Å². The number of carbonyl (C=O) groups is 1. The molecule has 1 heterocycles. The van der Waals surface area contributed by atoms with Crippen molar-refractivity contribution >= 4 is 5.91 Å². The molecule has 0 saturated heterocycles. The number of H-pyrrole nitrogens is 1. The van der Waals surface area contributed by atoms with Gasteiger partial charge in [-0.1, -0.05) is 12.1 Å². The lowest BCUT2D eigenvalue weighted by molar-refractivity contribution is 0.0952. The van der Waals surface area contributed by atoms with Gasteiger partial charge in [0, 0.05) is 17.8 Å². The summed E-state index contributed by atoms with van der Waals surface area (Å²) in [5.74, 6) is 0.00937. The molecule has 2 aromatic rings. The second kappa shape index (κ2) is 6.37. The average Bonchev–Trinajstić information content (AvgIpc) is 2.83. The first kappa shape index (κ1) is 14.3. The molecule has 0 radical (unpaired) electrons. The fourth-order valence-corrected chi connectivity index (χ4v) is 2.20. The number of aromatic nitrogens is 2. The lowest BCUT2D eigenvalue weighted by atomic mass is 10.0. The van der Waals surface area contributed by atoms with Crippen LogP contribution in [0.15, 0.2) is 24.4 Å². The number of aromatic amines is 1. The number of carbonyl (C=O) groups excluding carboxylic acids is 1. The van der Waals surface area contributed by atoms with Crippen LogP contribution in [-0.4, -0.2) is 22.6 Å². The van der Waals surface area contributed by atoms with E-state index < -0.39 is 0 Å². The lowest BCUT2D eigenvalue weighted by Gasteiger charge is -2.09. The summed E-state index contributed by atoms with van der Waals surface area (Å²) in [6.45, 7) is 6.70. The number of nitrogens with zero attached hydrogens (tertiary/aromatic N) is 1. The van der Waals surface area contributed by atoms with E-state index >= 15 is 0 Å². The highest BCUT2D eigenvalue weighted by atomic mass is 16.1. The highest BCUT2D eigenvalue weighted by Gasteiger charge is 2.09. The van der Waals surface area contributed by atoms with Crippen LogP contribution in [0.5, 0.6) is 0 Å². The van der Waals surface area contributed by atoms with Crippen LogP contribution in [0.25, 0.3) is 0 Å².